The largest absolute Gasteiger partial charge is 0.493 e. The van der Waals surface area contributed by atoms with E-state index >= 15 is 0 Å². The molecule has 1 aromatic rings. The zero-order valence-corrected chi connectivity index (χ0v) is 11.8. The van der Waals surface area contributed by atoms with Gasteiger partial charge in [0.15, 0.2) is 11.5 Å². The molecule has 2 fully saturated rings. The highest BCUT2D eigenvalue weighted by atomic mass is 16.5. The topological polar surface area (TPSA) is 68.7 Å². The summed E-state index contributed by atoms with van der Waals surface area (Å²) in [5.74, 6) is 1.64. The molecule has 5 nitrogen and oxygen atoms in total. The highest BCUT2D eigenvalue weighted by molar-refractivity contribution is 5.76. The van der Waals surface area contributed by atoms with Gasteiger partial charge in [0.2, 0.25) is 0 Å². The zero-order chi connectivity index (χ0) is 14.3. The van der Waals surface area contributed by atoms with Gasteiger partial charge in [-0.2, -0.15) is 0 Å². The minimum atomic E-state index is -0.712. The average molecular weight is 277 g/mol. The summed E-state index contributed by atoms with van der Waals surface area (Å²) in [4.78, 5) is 16.1. The van der Waals surface area contributed by atoms with E-state index in [9.17, 15) is 9.90 Å². The molecule has 2 aliphatic carbocycles. The highest BCUT2D eigenvalue weighted by Crippen LogP contribution is 2.61. The first-order valence-corrected chi connectivity index (χ1v) is 6.89. The van der Waals surface area contributed by atoms with E-state index in [0.717, 1.165) is 12.8 Å². The Morgan fingerprint density at radius 1 is 1.40 bits per heavy atom. The van der Waals surface area contributed by atoms with Gasteiger partial charge in [-0.3, -0.25) is 9.78 Å². The van der Waals surface area contributed by atoms with Crippen molar-refractivity contribution in [3.8, 4) is 11.5 Å². The number of pyridine rings is 1. The lowest BCUT2D eigenvalue weighted by molar-refractivity contribution is -0.149. The van der Waals surface area contributed by atoms with Crippen LogP contribution in [-0.2, 0) is 11.2 Å². The normalized spacial score (nSPS) is 30.7. The number of carbonyl (C=O) groups is 1. The summed E-state index contributed by atoms with van der Waals surface area (Å²) in [5.41, 5.74) is -0.00389. The van der Waals surface area contributed by atoms with Crippen LogP contribution in [0.25, 0.3) is 0 Å². The minimum Gasteiger partial charge on any atom is -0.493 e. The lowest BCUT2D eigenvalue weighted by Gasteiger charge is -2.26. The molecule has 5 heteroatoms. The third-order valence-electron chi connectivity index (χ3n) is 4.70. The van der Waals surface area contributed by atoms with E-state index in [1.54, 1.807) is 26.5 Å². The second-order valence-corrected chi connectivity index (χ2v) is 5.92. The first-order valence-electron chi connectivity index (χ1n) is 6.89. The van der Waals surface area contributed by atoms with Crippen LogP contribution in [0, 0.1) is 17.3 Å². The molecule has 0 aromatic carbocycles. The van der Waals surface area contributed by atoms with E-state index in [-0.39, 0.29) is 0 Å². The van der Waals surface area contributed by atoms with Crippen LogP contribution in [0.2, 0.25) is 0 Å². The van der Waals surface area contributed by atoms with Gasteiger partial charge in [0.05, 0.1) is 25.3 Å². The number of fused-ring (bicyclic) bond motifs is 1. The highest BCUT2D eigenvalue weighted by Gasteiger charge is 2.57. The van der Waals surface area contributed by atoms with Crippen LogP contribution >= 0.6 is 0 Å². The Hall–Kier alpha value is -1.78. The van der Waals surface area contributed by atoms with Crippen molar-refractivity contribution < 1.29 is 19.4 Å². The molecule has 3 rings (SSSR count). The van der Waals surface area contributed by atoms with Crippen LogP contribution in [0.15, 0.2) is 12.3 Å². The smallest absolute Gasteiger partial charge is 0.310 e. The van der Waals surface area contributed by atoms with Gasteiger partial charge < -0.3 is 14.6 Å². The van der Waals surface area contributed by atoms with Gasteiger partial charge in [-0.1, -0.05) is 0 Å². The Labute approximate surface area is 117 Å². The van der Waals surface area contributed by atoms with Gasteiger partial charge in [0.1, 0.15) is 0 Å². The number of ether oxygens (including phenoxy) is 2. The van der Waals surface area contributed by atoms with Crippen molar-refractivity contribution in [1.29, 1.82) is 0 Å². The van der Waals surface area contributed by atoms with Gasteiger partial charge in [-0.05, 0) is 31.1 Å². The maximum atomic E-state index is 11.7. The van der Waals surface area contributed by atoms with Crippen LogP contribution in [0.3, 0.4) is 0 Å². The van der Waals surface area contributed by atoms with Gasteiger partial charge in [0, 0.05) is 18.7 Å². The molecule has 1 N–H and O–H groups in total. The van der Waals surface area contributed by atoms with Crippen LogP contribution in [0.5, 0.6) is 11.5 Å². The van der Waals surface area contributed by atoms with Gasteiger partial charge in [-0.15, -0.1) is 0 Å². The van der Waals surface area contributed by atoms with Crippen molar-refractivity contribution in [3.63, 3.8) is 0 Å². The summed E-state index contributed by atoms with van der Waals surface area (Å²) < 4.78 is 10.6. The summed E-state index contributed by atoms with van der Waals surface area (Å²) >= 11 is 0. The number of aromatic nitrogens is 1. The second kappa shape index (κ2) is 4.65. The van der Waals surface area contributed by atoms with Crippen molar-refractivity contribution in [1.82, 2.24) is 4.98 Å². The van der Waals surface area contributed by atoms with Crippen LogP contribution < -0.4 is 9.47 Å². The predicted molar refractivity (Wildman–Crippen MR) is 71.9 cm³/mol. The molecule has 108 valence electrons. The maximum absolute atomic E-state index is 11.7. The van der Waals surface area contributed by atoms with E-state index in [1.807, 2.05) is 0 Å². The predicted octanol–water partition coefficient (Wildman–Crippen LogP) is 2.14. The van der Waals surface area contributed by atoms with E-state index in [2.05, 4.69) is 4.98 Å². The molecule has 0 bridgehead atoms. The molecular weight excluding hydrogens is 258 g/mol. The lowest BCUT2D eigenvalue weighted by Crippen LogP contribution is -2.32. The fourth-order valence-corrected chi connectivity index (χ4v) is 3.59. The molecule has 2 atom stereocenters. The number of methoxy groups -OCH3 is 2. The van der Waals surface area contributed by atoms with Gasteiger partial charge >= 0.3 is 5.97 Å². The van der Waals surface area contributed by atoms with Crippen molar-refractivity contribution >= 4 is 5.97 Å². The molecule has 0 aliphatic heterocycles. The Morgan fingerprint density at radius 2 is 2.10 bits per heavy atom. The first-order chi connectivity index (χ1) is 9.59. The number of carboxylic acids is 1. The standard InChI is InChI=1S/C15H19NO4/c1-19-12-3-4-16-11(13(12)20-2)8-15(14(17)18)6-9-5-10(9)7-15/h3-4,9-10H,5-8H2,1-2H3,(H,17,18). The van der Waals surface area contributed by atoms with E-state index in [4.69, 9.17) is 9.47 Å². The van der Waals surface area contributed by atoms with Gasteiger partial charge in [-0.25, -0.2) is 0 Å². The molecule has 2 aliphatic rings. The minimum absolute atomic E-state index is 0.412. The summed E-state index contributed by atoms with van der Waals surface area (Å²) in [6.45, 7) is 0. The van der Waals surface area contributed by atoms with Crippen LogP contribution in [0.1, 0.15) is 25.0 Å². The van der Waals surface area contributed by atoms with E-state index in [0.29, 0.717) is 35.4 Å². The summed E-state index contributed by atoms with van der Waals surface area (Å²) in [6, 6.07) is 1.72. The third kappa shape index (κ3) is 2.01. The Kier molecular flexibility index (Phi) is 3.07. The molecule has 0 saturated heterocycles. The number of carboxylic acid groups (broad SMARTS) is 1. The fourth-order valence-electron chi connectivity index (χ4n) is 3.59. The van der Waals surface area contributed by atoms with Gasteiger partial charge in [0.25, 0.3) is 0 Å². The number of hydrogen-bond donors (Lipinski definition) is 1. The molecule has 0 amide bonds. The fraction of sp³-hybridized carbons (Fsp3) is 0.600. The second-order valence-electron chi connectivity index (χ2n) is 5.92. The van der Waals surface area contributed by atoms with Crippen molar-refractivity contribution in [2.75, 3.05) is 14.2 Å². The zero-order valence-electron chi connectivity index (χ0n) is 11.8. The maximum Gasteiger partial charge on any atom is 0.310 e. The van der Waals surface area contributed by atoms with E-state index < -0.39 is 11.4 Å². The summed E-state index contributed by atoms with van der Waals surface area (Å²) in [7, 11) is 3.13. The number of aliphatic carboxylic acids is 1. The number of nitrogens with zero attached hydrogens (tertiary/aromatic N) is 1. The average Bonchev–Trinajstić information content (AvgIpc) is 3.06. The third-order valence-corrected chi connectivity index (χ3v) is 4.70. The molecule has 0 radical (unpaired) electrons. The molecule has 2 unspecified atom stereocenters. The van der Waals surface area contributed by atoms with Crippen LogP contribution in [-0.4, -0.2) is 30.3 Å². The summed E-state index contributed by atoms with van der Waals surface area (Å²) in [6.07, 6.45) is 4.76. The number of rotatable bonds is 5. The SMILES string of the molecule is COc1ccnc(CC2(C(=O)O)CC3CC3C2)c1OC. The first kappa shape index (κ1) is 13.2. The Balaban J connectivity index is 1.91. The van der Waals surface area contributed by atoms with E-state index in [1.165, 1.54) is 6.42 Å². The molecule has 2 saturated carbocycles. The van der Waals surface area contributed by atoms with Crippen molar-refractivity contribution in [2.45, 2.75) is 25.7 Å². The molecular formula is C15H19NO4. The Morgan fingerprint density at radius 3 is 2.65 bits per heavy atom. The van der Waals surface area contributed by atoms with Crippen molar-refractivity contribution in [2.24, 2.45) is 17.3 Å². The summed E-state index contributed by atoms with van der Waals surface area (Å²) in [5, 5.41) is 9.65. The van der Waals surface area contributed by atoms with Crippen LogP contribution in [0.4, 0.5) is 0 Å². The quantitative estimate of drug-likeness (QED) is 0.893. The lowest BCUT2D eigenvalue weighted by atomic mass is 9.78. The van der Waals surface area contributed by atoms with Crippen molar-refractivity contribution in [3.05, 3.63) is 18.0 Å². The molecule has 20 heavy (non-hydrogen) atoms. The molecule has 1 heterocycles. The molecule has 0 spiro atoms. The number of hydrogen-bond acceptors (Lipinski definition) is 4. The molecule has 1 aromatic heterocycles. The monoisotopic (exact) mass is 277 g/mol. The Bertz CT molecular complexity index is 533.